The van der Waals surface area contributed by atoms with Crippen LogP contribution in [0.2, 0.25) is 0 Å². The molecule has 0 atom stereocenters. The average molecular weight is 418 g/mol. The molecule has 0 saturated carbocycles. The van der Waals surface area contributed by atoms with E-state index in [1.165, 1.54) is 0 Å². The summed E-state index contributed by atoms with van der Waals surface area (Å²) in [5, 5.41) is 49.6. The third-order valence-corrected chi connectivity index (χ3v) is 1.84. The Balaban J connectivity index is -0.0000000499. The van der Waals surface area contributed by atoms with Gasteiger partial charge in [-0.1, -0.05) is 0 Å². The molecule has 0 heterocycles. The van der Waals surface area contributed by atoms with Crippen LogP contribution in [0.1, 0.15) is 25.7 Å². The molecule has 0 aliphatic rings. The molecule has 0 spiro atoms. The van der Waals surface area contributed by atoms with Crippen LogP contribution in [0.3, 0.4) is 0 Å². The van der Waals surface area contributed by atoms with Gasteiger partial charge < -0.3 is 41.6 Å². The average Bonchev–Trinajstić information content (AvgIpc) is 2.24. The van der Waals surface area contributed by atoms with Crippen LogP contribution in [0.5, 0.6) is 0 Å². The van der Waals surface area contributed by atoms with Crippen LogP contribution in [0.15, 0.2) is 0 Å². The Hall–Kier alpha value is 0.230. The van der Waals surface area contributed by atoms with Crippen molar-refractivity contribution in [3.05, 3.63) is 0 Å². The summed E-state index contributed by atoms with van der Waals surface area (Å²) in [6.07, 6.45) is -2.88. The first-order valence-electron chi connectivity index (χ1n) is 5.23. The number of rotatable bonds is 8. The molecule has 0 aromatic heterocycles. The van der Waals surface area contributed by atoms with Crippen molar-refractivity contribution in [1.29, 1.82) is 0 Å². The molecular weight excluding hydrogens is 397 g/mol. The van der Waals surface area contributed by atoms with Crippen LogP contribution < -0.4 is 0 Å². The first kappa shape index (κ1) is 45.2. The quantitative estimate of drug-likeness (QED) is 0.203. The fraction of sp³-hybridized carbons (Fsp3) is 0.500. The van der Waals surface area contributed by atoms with Gasteiger partial charge in [-0.25, -0.2) is 4.79 Å². The van der Waals surface area contributed by atoms with Crippen molar-refractivity contribution in [2.45, 2.75) is 31.3 Å². The van der Waals surface area contributed by atoms with E-state index in [-0.39, 0.29) is 112 Å². The zero-order valence-electron chi connectivity index (χ0n) is 11.6. The number of aliphatic carboxylic acids is 5. The maximum atomic E-state index is 10.3. The van der Waals surface area contributed by atoms with Gasteiger partial charge in [-0.05, 0) is 0 Å². The number of hydrogen-bond donors (Lipinski definition) is 6. The minimum atomic E-state index is -2.74. The third-order valence-electron chi connectivity index (χ3n) is 1.84. The van der Waals surface area contributed by atoms with Crippen LogP contribution in [-0.2, 0) is 24.0 Å². The van der Waals surface area contributed by atoms with Gasteiger partial charge in [-0.15, -0.1) is 0 Å². The first-order chi connectivity index (χ1) is 9.40. The Morgan fingerprint density at radius 2 is 0.808 bits per heavy atom. The van der Waals surface area contributed by atoms with E-state index in [0.29, 0.717) is 0 Å². The first-order valence-corrected chi connectivity index (χ1v) is 5.23. The Kier molecular flexibility index (Phi) is 40.4. The van der Waals surface area contributed by atoms with Gasteiger partial charge in [0.15, 0.2) is 5.60 Å². The monoisotopic (exact) mass is 418 g/mol. The summed E-state index contributed by atoms with van der Waals surface area (Å²) in [7, 11) is 0. The van der Waals surface area contributed by atoms with Crippen molar-refractivity contribution in [3.8, 4) is 0 Å². The number of carboxylic acid groups (broad SMARTS) is 5. The van der Waals surface area contributed by atoms with Crippen molar-refractivity contribution in [2.75, 3.05) is 0 Å². The van der Waals surface area contributed by atoms with E-state index >= 15 is 0 Å². The normalized spacial score (nSPS) is 8.04. The molecule has 26 heavy (non-hydrogen) atoms. The van der Waals surface area contributed by atoms with Gasteiger partial charge in [-0.3, -0.25) is 19.2 Å². The molecule has 16 heteroatoms. The van der Waals surface area contributed by atoms with Crippen LogP contribution in [0.4, 0.5) is 0 Å². The molecule has 0 saturated heterocycles. The Morgan fingerprint density at radius 3 is 0.923 bits per heavy atom. The molecule has 0 aliphatic heterocycles. The van der Waals surface area contributed by atoms with E-state index in [0.717, 1.165) is 0 Å². The second-order valence-corrected chi connectivity index (χ2v) is 3.77. The molecule has 142 valence electrons. The summed E-state index contributed by atoms with van der Waals surface area (Å²) in [4.78, 5) is 49.8. The molecule has 0 aliphatic carbocycles. The van der Waals surface area contributed by atoms with E-state index < -0.39 is 48.3 Å². The summed E-state index contributed by atoms with van der Waals surface area (Å²) < 4.78 is 0. The Labute approximate surface area is 213 Å². The molecule has 13 nitrogen and oxygen atoms in total. The molecule has 0 aromatic rings. The summed E-state index contributed by atoms with van der Waals surface area (Å²) in [6, 6.07) is 0. The molecule has 10 N–H and O–H groups in total. The zero-order valence-corrected chi connectivity index (χ0v) is 11.6. The van der Waals surface area contributed by atoms with Crippen molar-refractivity contribution >= 4 is 119 Å². The van der Waals surface area contributed by atoms with E-state index in [4.69, 9.17) is 30.6 Å². The predicted molar refractivity (Wildman–Crippen MR) is 90.3 cm³/mol. The molecule has 0 radical (unpaired) electrons. The van der Waals surface area contributed by atoms with Gasteiger partial charge >= 0.3 is 119 Å². The topological polar surface area (TPSA) is 270 Å². The molecule has 0 amide bonds. The van der Waals surface area contributed by atoms with Gasteiger partial charge in [0, 0.05) is 0 Å². The van der Waals surface area contributed by atoms with Gasteiger partial charge in [0.25, 0.3) is 0 Å². The molecule has 0 fully saturated rings. The molecule has 0 bridgehead atoms. The number of hydrogen-bond acceptors (Lipinski definition) is 6. The number of carboxylic acids is 5. The van der Waals surface area contributed by atoms with E-state index in [1.54, 1.807) is 0 Å². The molecule has 0 rings (SSSR count). The molecule has 0 unspecified atom stereocenters. The van der Waals surface area contributed by atoms with Crippen LogP contribution in [-0.4, -0.2) is 166 Å². The van der Waals surface area contributed by atoms with E-state index in [9.17, 15) is 24.0 Å². The van der Waals surface area contributed by atoms with Gasteiger partial charge in [0.2, 0.25) is 0 Å². The standard InChI is InChI=1S/C6H8O7.C4H6O4.3Na.2H2O.3H/c7-3(8)1-6(13,5(11)12)2-4(9)10;5-3(6)1-2-4(7)8;;;;;;;;/h13H,1-2H2,(H,7,8)(H,9,10)(H,11,12);1-2H2,(H,5,6)(H,7,8);;;;2*1H2;;;. The van der Waals surface area contributed by atoms with Gasteiger partial charge in [-0.2, -0.15) is 0 Å². The fourth-order valence-corrected chi connectivity index (χ4v) is 0.928. The summed E-state index contributed by atoms with van der Waals surface area (Å²) in [5.41, 5.74) is -2.74. The fourth-order valence-electron chi connectivity index (χ4n) is 0.928. The van der Waals surface area contributed by atoms with Crippen LogP contribution in [0.25, 0.3) is 0 Å². The Bertz CT molecular complexity index is 410. The van der Waals surface area contributed by atoms with Crippen molar-refractivity contribution in [2.24, 2.45) is 0 Å². The van der Waals surface area contributed by atoms with Gasteiger partial charge in [0.05, 0.1) is 25.7 Å². The van der Waals surface area contributed by atoms with E-state index in [1.807, 2.05) is 0 Å². The second kappa shape index (κ2) is 23.3. The summed E-state index contributed by atoms with van der Waals surface area (Å²) in [6.45, 7) is 0. The molecule has 0 aromatic carbocycles. The maximum absolute atomic E-state index is 10.3. The van der Waals surface area contributed by atoms with Crippen molar-refractivity contribution in [3.63, 3.8) is 0 Å². The van der Waals surface area contributed by atoms with E-state index in [2.05, 4.69) is 0 Å². The summed E-state index contributed by atoms with van der Waals surface area (Å²) in [5.74, 6) is -7.17. The zero-order chi connectivity index (χ0) is 17.2. The van der Waals surface area contributed by atoms with Crippen LogP contribution in [0, 0.1) is 0 Å². The minimum absolute atomic E-state index is 0. The summed E-state index contributed by atoms with van der Waals surface area (Å²) >= 11 is 0. The predicted octanol–water partition coefficient (Wildman–Crippen LogP) is -4.91. The molecular formula is C10H21Na3O13. The second-order valence-electron chi connectivity index (χ2n) is 3.77. The van der Waals surface area contributed by atoms with Gasteiger partial charge in [0.1, 0.15) is 0 Å². The number of aliphatic hydroxyl groups is 1. The third kappa shape index (κ3) is 29.0. The van der Waals surface area contributed by atoms with Crippen LogP contribution >= 0.6 is 0 Å². The van der Waals surface area contributed by atoms with Crippen molar-refractivity contribution < 1.29 is 65.6 Å². The number of carbonyl (C=O) groups is 5. The SMILES string of the molecule is O.O.O=C(O)CC(O)(CC(=O)O)C(=O)O.O=C(O)CCC(=O)O.[NaH].[NaH].[NaH]. The Morgan fingerprint density at radius 1 is 0.577 bits per heavy atom. The van der Waals surface area contributed by atoms with Crippen molar-refractivity contribution in [1.82, 2.24) is 0 Å².